The number of thiazole rings is 1. The number of rotatable bonds is 10. The average molecular weight is 558 g/mol. The molecule has 1 N–H and O–H groups in total. The van der Waals surface area contributed by atoms with Crippen LogP contribution in [0.5, 0.6) is 5.75 Å². The highest BCUT2D eigenvalue weighted by molar-refractivity contribution is 7.09. The van der Waals surface area contributed by atoms with Gasteiger partial charge in [-0.15, -0.1) is 11.3 Å². The molecule has 0 bridgehead atoms. The number of nitrogens with zero attached hydrogens (tertiary/aromatic N) is 4. The first-order valence-corrected chi connectivity index (χ1v) is 13.3. The average Bonchev–Trinajstić information content (AvgIpc) is 3.39. The van der Waals surface area contributed by atoms with Gasteiger partial charge < -0.3 is 24.6 Å². The van der Waals surface area contributed by atoms with Crippen LogP contribution in [0.25, 0.3) is 0 Å². The van der Waals surface area contributed by atoms with Crippen molar-refractivity contribution < 1.29 is 23.9 Å². The van der Waals surface area contributed by atoms with Gasteiger partial charge in [0.2, 0.25) is 5.91 Å². The van der Waals surface area contributed by atoms with E-state index >= 15 is 0 Å². The van der Waals surface area contributed by atoms with Gasteiger partial charge in [-0.1, -0.05) is 23.7 Å². The zero-order chi connectivity index (χ0) is 26.9. The van der Waals surface area contributed by atoms with Crippen LogP contribution in [0, 0.1) is 0 Å². The molecule has 200 valence electrons. The minimum Gasteiger partial charge on any atom is -0.487 e. The number of nitrogens with one attached hydrogen (secondary N) is 1. The van der Waals surface area contributed by atoms with Crippen molar-refractivity contribution in [2.24, 2.45) is 0 Å². The molecule has 1 fully saturated rings. The first-order chi connectivity index (χ1) is 18.4. The minimum absolute atomic E-state index is 0.140. The van der Waals surface area contributed by atoms with Gasteiger partial charge >= 0.3 is 5.97 Å². The molecule has 10 nitrogen and oxygen atoms in total. The number of para-hydroxylation sites is 1. The molecular formula is C26H28ClN5O5S. The number of amides is 2. The maximum absolute atomic E-state index is 13.0. The van der Waals surface area contributed by atoms with Gasteiger partial charge in [-0.3, -0.25) is 19.4 Å². The molecular weight excluding hydrogens is 530 g/mol. The number of ether oxygens (including phenoxy) is 2. The molecule has 2 amide bonds. The predicted molar refractivity (Wildman–Crippen MR) is 143 cm³/mol. The van der Waals surface area contributed by atoms with E-state index in [0.29, 0.717) is 42.0 Å². The van der Waals surface area contributed by atoms with Crippen molar-refractivity contribution in [2.45, 2.75) is 32.6 Å². The Labute approximate surface area is 229 Å². The Bertz CT molecular complexity index is 1250. The van der Waals surface area contributed by atoms with Crippen molar-refractivity contribution in [3.63, 3.8) is 0 Å². The summed E-state index contributed by atoms with van der Waals surface area (Å²) in [6.07, 6.45) is 1.82. The maximum atomic E-state index is 13.0. The normalized spacial score (nSPS) is 14.1. The van der Waals surface area contributed by atoms with Crippen molar-refractivity contribution in [3.05, 3.63) is 69.9 Å². The third-order valence-corrected chi connectivity index (χ3v) is 7.05. The lowest BCUT2D eigenvalue weighted by Crippen LogP contribution is -2.50. The van der Waals surface area contributed by atoms with Crippen LogP contribution in [0.3, 0.4) is 0 Å². The standard InChI is InChI=1S/C26H28ClN5O5S/c1-18(33)37-23(14-25(34)32-12-10-31(11-13-32)22-5-3-2-4-21(22)27)26(35)29-15-24-30-19(17-38-24)16-36-20-6-8-28-9-7-20/h2-9,17,23H,10-16H2,1H3,(H,29,35)/t23-/m1/s1. The molecule has 3 heterocycles. The van der Waals surface area contributed by atoms with E-state index in [1.807, 2.05) is 29.6 Å². The molecule has 1 saturated heterocycles. The number of halogens is 1. The van der Waals surface area contributed by atoms with Gasteiger partial charge in [-0.2, -0.15) is 0 Å². The molecule has 0 saturated carbocycles. The van der Waals surface area contributed by atoms with E-state index < -0.39 is 18.0 Å². The van der Waals surface area contributed by atoms with Crippen molar-refractivity contribution >= 4 is 46.4 Å². The monoisotopic (exact) mass is 557 g/mol. The molecule has 3 aromatic rings. The fourth-order valence-corrected chi connectivity index (χ4v) is 4.92. The topological polar surface area (TPSA) is 114 Å². The van der Waals surface area contributed by atoms with Crippen molar-refractivity contribution in [1.82, 2.24) is 20.2 Å². The van der Waals surface area contributed by atoms with Gasteiger partial charge in [0, 0.05) is 50.9 Å². The van der Waals surface area contributed by atoms with Crippen LogP contribution in [0.2, 0.25) is 5.02 Å². The predicted octanol–water partition coefficient (Wildman–Crippen LogP) is 3.06. The largest absolute Gasteiger partial charge is 0.487 e. The summed E-state index contributed by atoms with van der Waals surface area (Å²) in [4.78, 5) is 49.6. The number of carbonyl (C=O) groups is 3. The molecule has 0 spiro atoms. The Morgan fingerprint density at radius 1 is 1.11 bits per heavy atom. The van der Waals surface area contributed by atoms with Gasteiger partial charge in [0.25, 0.3) is 5.91 Å². The maximum Gasteiger partial charge on any atom is 0.303 e. The number of aromatic nitrogens is 2. The SMILES string of the molecule is CC(=O)O[C@H](CC(=O)N1CCN(c2ccccc2Cl)CC1)C(=O)NCc1nc(COc2ccncc2)cs1. The first-order valence-electron chi connectivity index (χ1n) is 12.1. The summed E-state index contributed by atoms with van der Waals surface area (Å²) in [6, 6.07) is 11.1. The second kappa shape index (κ2) is 13.2. The van der Waals surface area contributed by atoms with E-state index in [1.165, 1.54) is 18.3 Å². The molecule has 1 aliphatic rings. The smallest absolute Gasteiger partial charge is 0.303 e. The number of esters is 1. The number of anilines is 1. The summed E-state index contributed by atoms with van der Waals surface area (Å²) in [7, 11) is 0. The number of hydrogen-bond donors (Lipinski definition) is 1. The fourth-order valence-electron chi connectivity index (χ4n) is 3.95. The van der Waals surface area contributed by atoms with E-state index in [2.05, 4.69) is 20.2 Å². The van der Waals surface area contributed by atoms with Gasteiger partial charge in [0.15, 0.2) is 6.10 Å². The number of benzene rings is 1. The quantitative estimate of drug-likeness (QED) is 0.378. The molecule has 38 heavy (non-hydrogen) atoms. The Kier molecular flexibility index (Phi) is 9.50. The van der Waals surface area contributed by atoms with E-state index in [1.54, 1.807) is 29.4 Å². The number of hydrogen-bond acceptors (Lipinski definition) is 9. The van der Waals surface area contributed by atoms with Crippen LogP contribution >= 0.6 is 22.9 Å². The van der Waals surface area contributed by atoms with E-state index in [4.69, 9.17) is 21.1 Å². The van der Waals surface area contributed by atoms with Crippen LogP contribution in [-0.4, -0.2) is 64.9 Å². The minimum atomic E-state index is -1.23. The van der Waals surface area contributed by atoms with Gasteiger partial charge in [0.1, 0.15) is 17.4 Å². The Morgan fingerprint density at radius 3 is 2.55 bits per heavy atom. The van der Waals surface area contributed by atoms with Crippen molar-refractivity contribution in [1.29, 1.82) is 0 Å². The summed E-state index contributed by atoms with van der Waals surface area (Å²) in [5.41, 5.74) is 1.64. The lowest BCUT2D eigenvalue weighted by Gasteiger charge is -2.36. The molecule has 0 unspecified atom stereocenters. The molecule has 1 atom stereocenters. The van der Waals surface area contributed by atoms with Crippen LogP contribution in [0.1, 0.15) is 24.0 Å². The van der Waals surface area contributed by atoms with Crippen LogP contribution in [-0.2, 0) is 32.3 Å². The highest BCUT2D eigenvalue weighted by atomic mass is 35.5. The molecule has 0 radical (unpaired) electrons. The Balaban J connectivity index is 1.26. The summed E-state index contributed by atoms with van der Waals surface area (Å²) in [6.45, 7) is 3.80. The van der Waals surface area contributed by atoms with Crippen molar-refractivity contribution in [2.75, 3.05) is 31.1 Å². The zero-order valence-corrected chi connectivity index (χ0v) is 22.4. The lowest BCUT2D eigenvalue weighted by atomic mass is 10.2. The molecule has 1 aliphatic heterocycles. The van der Waals surface area contributed by atoms with Crippen molar-refractivity contribution in [3.8, 4) is 5.75 Å². The summed E-state index contributed by atoms with van der Waals surface area (Å²) < 4.78 is 10.9. The summed E-state index contributed by atoms with van der Waals surface area (Å²) in [5, 5.41) is 5.89. The molecule has 0 aliphatic carbocycles. The molecule has 4 rings (SSSR count). The summed E-state index contributed by atoms with van der Waals surface area (Å²) in [5.74, 6) is -0.753. The highest BCUT2D eigenvalue weighted by Gasteiger charge is 2.29. The third-order valence-electron chi connectivity index (χ3n) is 5.84. The van der Waals surface area contributed by atoms with Gasteiger partial charge in [-0.25, -0.2) is 4.98 Å². The Hall–Kier alpha value is -3.70. The second-order valence-electron chi connectivity index (χ2n) is 8.54. The summed E-state index contributed by atoms with van der Waals surface area (Å²) >= 11 is 7.67. The molecule has 1 aromatic carbocycles. The van der Waals surface area contributed by atoms with E-state index in [9.17, 15) is 14.4 Å². The van der Waals surface area contributed by atoms with Crippen LogP contribution in [0.4, 0.5) is 5.69 Å². The molecule has 12 heteroatoms. The zero-order valence-electron chi connectivity index (χ0n) is 20.8. The number of carbonyl (C=O) groups excluding carboxylic acids is 3. The fraction of sp³-hybridized carbons (Fsp3) is 0.346. The second-order valence-corrected chi connectivity index (χ2v) is 9.89. The first kappa shape index (κ1) is 27.3. The van der Waals surface area contributed by atoms with Crippen LogP contribution in [0.15, 0.2) is 54.2 Å². The van der Waals surface area contributed by atoms with E-state index in [-0.39, 0.29) is 25.5 Å². The van der Waals surface area contributed by atoms with E-state index in [0.717, 1.165) is 11.4 Å². The number of pyridine rings is 1. The third kappa shape index (κ3) is 7.65. The molecule has 2 aromatic heterocycles. The number of piperazine rings is 1. The van der Waals surface area contributed by atoms with Crippen LogP contribution < -0.4 is 15.0 Å². The van der Waals surface area contributed by atoms with Gasteiger partial charge in [-0.05, 0) is 24.3 Å². The van der Waals surface area contributed by atoms with Gasteiger partial charge in [0.05, 0.1) is 29.4 Å². The Morgan fingerprint density at radius 2 is 1.84 bits per heavy atom. The highest BCUT2D eigenvalue weighted by Crippen LogP contribution is 2.26. The lowest BCUT2D eigenvalue weighted by molar-refractivity contribution is -0.156.